The average molecular weight is 564 g/mol. The number of carbonyl (C=O) groups is 1. The number of halogens is 2. The quantitative estimate of drug-likeness (QED) is 0.390. The molecule has 1 aliphatic heterocycles. The predicted molar refractivity (Wildman–Crippen MR) is 146 cm³/mol. The molecule has 1 saturated carbocycles. The number of hydrogen-bond donors (Lipinski definition) is 4. The van der Waals surface area contributed by atoms with Gasteiger partial charge in [0.25, 0.3) is 5.91 Å². The Hall–Kier alpha value is -2.86. The molecule has 1 fully saturated rings. The van der Waals surface area contributed by atoms with E-state index >= 15 is 4.39 Å². The first-order valence-corrected chi connectivity index (χ1v) is 14.6. The van der Waals surface area contributed by atoms with Gasteiger partial charge in [-0.25, -0.2) is 17.5 Å². The molecular formula is C26H31ClFN5O4S. The van der Waals surface area contributed by atoms with Crippen molar-refractivity contribution in [3.63, 3.8) is 0 Å². The SMILES string of the molecule is CS(=O)(=O)N[C@H]1CC[C@H](C2CN=C(N)C(c3ccc(C(=O)N[C@H](CO)c4cccc(Cl)c4)c(F)c3)=N2)CC1. The number of aliphatic hydroxyl groups excluding tert-OH is 1. The number of nitrogens with one attached hydrogen (secondary N) is 2. The van der Waals surface area contributed by atoms with Crippen molar-refractivity contribution >= 4 is 39.1 Å². The highest BCUT2D eigenvalue weighted by Crippen LogP contribution is 2.30. The lowest BCUT2D eigenvalue weighted by Gasteiger charge is -2.33. The van der Waals surface area contributed by atoms with E-state index in [1.54, 1.807) is 30.3 Å². The third-order valence-corrected chi connectivity index (χ3v) is 7.91. The summed E-state index contributed by atoms with van der Waals surface area (Å²) in [6.45, 7) is 0.0302. The van der Waals surface area contributed by atoms with Gasteiger partial charge in [-0.3, -0.25) is 14.8 Å². The highest BCUT2D eigenvalue weighted by Gasteiger charge is 2.31. The number of rotatable bonds is 8. The summed E-state index contributed by atoms with van der Waals surface area (Å²) < 4.78 is 40.8. The summed E-state index contributed by atoms with van der Waals surface area (Å²) in [6, 6.07) is 9.85. The Morgan fingerprint density at radius 1 is 1.21 bits per heavy atom. The minimum absolute atomic E-state index is 0.0843. The maximum Gasteiger partial charge on any atom is 0.254 e. The van der Waals surface area contributed by atoms with Crippen LogP contribution in [0.4, 0.5) is 4.39 Å². The Labute approximate surface area is 226 Å². The second-order valence-corrected chi connectivity index (χ2v) is 11.9. The number of carbonyl (C=O) groups excluding carboxylic acids is 1. The lowest BCUT2D eigenvalue weighted by Crippen LogP contribution is -2.41. The van der Waals surface area contributed by atoms with E-state index in [-0.39, 0.29) is 36.0 Å². The van der Waals surface area contributed by atoms with Gasteiger partial charge in [0, 0.05) is 16.6 Å². The van der Waals surface area contributed by atoms with Gasteiger partial charge < -0.3 is 16.2 Å². The van der Waals surface area contributed by atoms with Crippen LogP contribution in [-0.2, 0) is 10.0 Å². The number of benzene rings is 2. The van der Waals surface area contributed by atoms with Gasteiger partial charge >= 0.3 is 0 Å². The molecule has 1 unspecified atom stereocenters. The molecule has 5 N–H and O–H groups in total. The van der Waals surface area contributed by atoms with Crippen LogP contribution in [-0.4, -0.2) is 62.5 Å². The number of aliphatic hydroxyl groups is 1. The highest BCUT2D eigenvalue weighted by molar-refractivity contribution is 7.88. The van der Waals surface area contributed by atoms with Crippen molar-refractivity contribution in [2.45, 2.75) is 43.8 Å². The summed E-state index contributed by atoms with van der Waals surface area (Å²) >= 11 is 6.01. The fourth-order valence-corrected chi connectivity index (χ4v) is 6.02. The third kappa shape index (κ3) is 6.96. The fourth-order valence-electron chi connectivity index (χ4n) is 4.98. The summed E-state index contributed by atoms with van der Waals surface area (Å²) in [4.78, 5) is 22.0. The van der Waals surface area contributed by atoms with Crippen molar-refractivity contribution in [1.29, 1.82) is 0 Å². The monoisotopic (exact) mass is 563 g/mol. The van der Waals surface area contributed by atoms with Gasteiger partial charge in [-0.2, -0.15) is 0 Å². The largest absolute Gasteiger partial charge is 0.394 e. The molecule has 1 aliphatic carbocycles. The van der Waals surface area contributed by atoms with E-state index in [0.29, 0.717) is 41.2 Å². The van der Waals surface area contributed by atoms with Crippen LogP contribution < -0.4 is 15.8 Å². The van der Waals surface area contributed by atoms with Crippen molar-refractivity contribution in [1.82, 2.24) is 10.0 Å². The molecule has 0 aromatic heterocycles. The molecule has 1 heterocycles. The average Bonchev–Trinajstić information content (AvgIpc) is 2.87. The Morgan fingerprint density at radius 3 is 2.58 bits per heavy atom. The van der Waals surface area contributed by atoms with Gasteiger partial charge in [0.1, 0.15) is 17.4 Å². The highest BCUT2D eigenvalue weighted by atomic mass is 35.5. The lowest BCUT2D eigenvalue weighted by atomic mass is 9.81. The molecule has 4 rings (SSSR count). The van der Waals surface area contributed by atoms with Crippen LogP contribution in [0.15, 0.2) is 52.4 Å². The molecule has 9 nitrogen and oxygen atoms in total. The van der Waals surface area contributed by atoms with E-state index < -0.39 is 27.8 Å². The topological polar surface area (TPSA) is 146 Å². The van der Waals surface area contributed by atoms with Crippen LogP contribution >= 0.6 is 11.6 Å². The second-order valence-electron chi connectivity index (χ2n) is 9.73. The summed E-state index contributed by atoms with van der Waals surface area (Å²) in [6.07, 6.45) is 4.15. The molecule has 0 saturated heterocycles. The van der Waals surface area contributed by atoms with Crippen molar-refractivity contribution in [2.24, 2.45) is 21.6 Å². The molecule has 0 bridgehead atoms. The second kappa shape index (κ2) is 11.9. The molecule has 2 aliphatic rings. The zero-order valence-electron chi connectivity index (χ0n) is 20.9. The maximum atomic E-state index is 15.1. The van der Waals surface area contributed by atoms with E-state index in [9.17, 15) is 18.3 Å². The molecule has 1 amide bonds. The van der Waals surface area contributed by atoms with Crippen LogP contribution in [0.2, 0.25) is 5.02 Å². The zero-order valence-corrected chi connectivity index (χ0v) is 22.5. The molecule has 2 atom stereocenters. The van der Waals surface area contributed by atoms with Crippen molar-refractivity contribution in [3.8, 4) is 0 Å². The number of hydrogen-bond acceptors (Lipinski definition) is 7. The van der Waals surface area contributed by atoms with Gasteiger partial charge in [0.15, 0.2) is 0 Å². The van der Waals surface area contributed by atoms with Crippen molar-refractivity contribution < 1.29 is 22.7 Å². The van der Waals surface area contributed by atoms with E-state index in [4.69, 9.17) is 22.3 Å². The standard InChI is InChI=1S/C26H31ClFN5O4S/c1-38(36,37)33-19-8-5-15(6-9-19)22-13-30-25(29)24(31-22)17-7-10-20(21(28)12-17)26(35)32-23(14-34)16-3-2-4-18(27)11-16/h2-4,7,10-12,15,19,22-23,33-34H,5-6,8-9,13-14H2,1H3,(H2,29,30)(H,32,35)/t15-,19-,22?,23-/m1/s1. The van der Waals surface area contributed by atoms with E-state index in [1.807, 2.05) is 0 Å². The van der Waals surface area contributed by atoms with E-state index in [0.717, 1.165) is 19.1 Å². The zero-order chi connectivity index (χ0) is 27.4. The van der Waals surface area contributed by atoms with Gasteiger partial charge in [-0.15, -0.1) is 0 Å². The van der Waals surface area contributed by atoms with Crippen LogP contribution in [0.5, 0.6) is 0 Å². The first-order valence-electron chi connectivity index (χ1n) is 12.4. The van der Waals surface area contributed by atoms with Gasteiger partial charge in [0.05, 0.1) is 37.1 Å². The minimum Gasteiger partial charge on any atom is -0.394 e. The lowest BCUT2D eigenvalue weighted by molar-refractivity contribution is 0.0912. The minimum atomic E-state index is -3.25. The van der Waals surface area contributed by atoms with Crippen molar-refractivity contribution in [3.05, 3.63) is 70.0 Å². The maximum absolute atomic E-state index is 15.1. The normalized spacial score (nSPS) is 22.8. The number of sulfonamides is 1. The molecule has 0 radical (unpaired) electrons. The van der Waals surface area contributed by atoms with E-state index in [2.05, 4.69) is 15.0 Å². The van der Waals surface area contributed by atoms with Gasteiger partial charge in [0.2, 0.25) is 10.0 Å². The fraction of sp³-hybridized carbons (Fsp3) is 0.423. The summed E-state index contributed by atoms with van der Waals surface area (Å²) in [5.41, 5.74) is 7.29. The molecule has 12 heteroatoms. The first kappa shape index (κ1) is 28.2. The summed E-state index contributed by atoms with van der Waals surface area (Å²) in [5, 5.41) is 12.8. The predicted octanol–water partition coefficient (Wildman–Crippen LogP) is 2.58. The van der Waals surface area contributed by atoms with Crippen LogP contribution in [0.25, 0.3) is 0 Å². The number of aliphatic imine (C=N–C) groups is 2. The number of amidine groups is 1. The third-order valence-electron chi connectivity index (χ3n) is 6.91. The molecule has 204 valence electrons. The molecule has 0 spiro atoms. The smallest absolute Gasteiger partial charge is 0.254 e. The van der Waals surface area contributed by atoms with Crippen LogP contribution in [0, 0.1) is 11.7 Å². The van der Waals surface area contributed by atoms with Crippen molar-refractivity contribution in [2.75, 3.05) is 19.4 Å². The summed E-state index contributed by atoms with van der Waals surface area (Å²) in [5.74, 6) is -1.03. The number of amides is 1. The number of nitrogens with two attached hydrogens (primary N) is 1. The van der Waals surface area contributed by atoms with E-state index in [1.165, 1.54) is 12.1 Å². The molecule has 2 aromatic carbocycles. The van der Waals surface area contributed by atoms with Crippen LogP contribution in [0.1, 0.15) is 53.2 Å². The van der Waals surface area contributed by atoms with Crippen LogP contribution in [0.3, 0.4) is 0 Å². The molecular weight excluding hydrogens is 533 g/mol. The van der Waals surface area contributed by atoms with Gasteiger partial charge in [-0.1, -0.05) is 29.8 Å². The first-order chi connectivity index (χ1) is 18.0. The Balaban J connectivity index is 1.46. The molecule has 38 heavy (non-hydrogen) atoms. The summed E-state index contributed by atoms with van der Waals surface area (Å²) in [7, 11) is -3.25. The Morgan fingerprint density at radius 2 is 1.95 bits per heavy atom. The number of nitrogens with zero attached hydrogens (tertiary/aromatic N) is 2. The Kier molecular flexibility index (Phi) is 8.81. The molecule has 2 aromatic rings. The van der Waals surface area contributed by atoms with Gasteiger partial charge in [-0.05, 0) is 61.4 Å². The Bertz CT molecular complexity index is 1360.